The molecule has 1 aromatic heterocycles. The fraction of sp³-hybridized carbons (Fsp3) is 0.400. The minimum absolute atomic E-state index is 0.393. The highest BCUT2D eigenvalue weighted by Gasteiger charge is 2.25. The number of methoxy groups -OCH3 is 1. The van der Waals surface area contributed by atoms with Gasteiger partial charge in [-0.1, -0.05) is 6.07 Å². The number of likely N-dealkylation sites (tertiary alicyclic amines) is 1. The van der Waals surface area contributed by atoms with Crippen molar-refractivity contribution in [1.29, 1.82) is 0 Å². The van der Waals surface area contributed by atoms with Gasteiger partial charge in [0.15, 0.2) is 11.5 Å². The lowest BCUT2D eigenvalue weighted by Crippen LogP contribution is -2.33. The molecule has 3 heterocycles. The molecule has 1 saturated heterocycles. The summed E-state index contributed by atoms with van der Waals surface area (Å²) in [5.74, 6) is 2.42. The van der Waals surface area contributed by atoms with E-state index < -0.39 is 6.10 Å². The second kappa shape index (κ2) is 9.32. The monoisotopic (exact) mass is 435 g/mol. The van der Waals surface area contributed by atoms with Gasteiger partial charge in [-0.2, -0.15) is 0 Å². The maximum absolute atomic E-state index is 11.0. The van der Waals surface area contributed by atoms with Crippen LogP contribution in [-0.4, -0.2) is 61.0 Å². The lowest BCUT2D eigenvalue weighted by Gasteiger charge is -2.22. The molecule has 0 radical (unpaired) electrons. The van der Waals surface area contributed by atoms with Crippen LogP contribution in [-0.2, 0) is 6.54 Å². The Balaban J connectivity index is 1.18. The molecule has 2 aliphatic heterocycles. The van der Waals surface area contributed by atoms with Crippen molar-refractivity contribution in [1.82, 2.24) is 15.2 Å². The molecule has 0 amide bonds. The van der Waals surface area contributed by atoms with Gasteiger partial charge < -0.3 is 24.6 Å². The van der Waals surface area contributed by atoms with Gasteiger partial charge in [0.05, 0.1) is 18.7 Å². The predicted molar refractivity (Wildman–Crippen MR) is 122 cm³/mol. The summed E-state index contributed by atoms with van der Waals surface area (Å²) in [6, 6.07) is 14.2. The van der Waals surface area contributed by atoms with Crippen LogP contribution in [0.3, 0.4) is 0 Å². The highest BCUT2D eigenvalue weighted by atomic mass is 16.6. The SMILES string of the molecule is COc1ccc2nccc(C(O)CN3CCC(NCc4ccc5c(c4)OCCO5)C3)c2c1. The molecule has 32 heavy (non-hydrogen) atoms. The maximum Gasteiger partial charge on any atom is 0.161 e. The molecular weight excluding hydrogens is 406 g/mol. The number of nitrogens with zero attached hydrogens (tertiary/aromatic N) is 2. The molecule has 168 valence electrons. The van der Waals surface area contributed by atoms with Crippen molar-refractivity contribution < 1.29 is 19.3 Å². The smallest absolute Gasteiger partial charge is 0.161 e. The van der Waals surface area contributed by atoms with Gasteiger partial charge in [0, 0.05) is 37.3 Å². The van der Waals surface area contributed by atoms with Crippen molar-refractivity contribution in [3.8, 4) is 17.2 Å². The van der Waals surface area contributed by atoms with Gasteiger partial charge in [-0.3, -0.25) is 9.88 Å². The molecule has 1 fully saturated rings. The number of ether oxygens (including phenoxy) is 3. The van der Waals surface area contributed by atoms with E-state index in [1.807, 2.05) is 30.3 Å². The summed E-state index contributed by atoms with van der Waals surface area (Å²) in [7, 11) is 1.65. The number of fused-ring (bicyclic) bond motifs is 2. The lowest BCUT2D eigenvalue weighted by molar-refractivity contribution is 0.126. The van der Waals surface area contributed by atoms with Crippen LogP contribution in [0.25, 0.3) is 10.9 Å². The standard InChI is InChI=1S/C25H29N3O4/c1-30-19-3-4-22-21(13-19)20(6-8-26-22)23(29)16-28-9-7-18(15-28)27-14-17-2-5-24-25(12-17)32-11-10-31-24/h2-6,8,12-13,18,23,27,29H,7,9-11,14-16H2,1H3. The number of hydrogen-bond acceptors (Lipinski definition) is 7. The summed E-state index contributed by atoms with van der Waals surface area (Å²) >= 11 is 0. The van der Waals surface area contributed by atoms with Crippen molar-refractivity contribution >= 4 is 10.9 Å². The fourth-order valence-electron chi connectivity index (χ4n) is 4.53. The normalized spacial score (nSPS) is 19.2. The Hall–Kier alpha value is -2.87. The molecule has 0 spiro atoms. The molecule has 2 aromatic carbocycles. The van der Waals surface area contributed by atoms with E-state index in [9.17, 15) is 5.11 Å². The number of nitrogens with one attached hydrogen (secondary N) is 1. The van der Waals surface area contributed by atoms with Crippen molar-refractivity contribution in [2.24, 2.45) is 0 Å². The first-order chi connectivity index (χ1) is 15.7. The Morgan fingerprint density at radius 1 is 1.16 bits per heavy atom. The molecular formula is C25H29N3O4. The molecule has 5 rings (SSSR count). The molecule has 2 unspecified atom stereocenters. The van der Waals surface area contributed by atoms with Gasteiger partial charge >= 0.3 is 0 Å². The number of rotatable bonds is 7. The molecule has 2 aliphatic rings. The van der Waals surface area contributed by atoms with Gasteiger partial charge in [-0.05, 0) is 60.5 Å². The Morgan fingerprint density at radius 2 is 2.03 bits per heavy atom. The van der Waals surface area contributed by atoms with Crippen LogP contribution in [0.2, 0.25) is 0 Å². The van der Waals surface area contributed by atoms with Crippen LogP contribution in [0.15, 0.2) is 48.7 Å². The lowest BCUT2D eigenvalue weighted by atomic mass is 10.0. The zero-order valence-electron chi connectivity index (χ0n) is 18.3. The maximum atomic E-state index is 11.0. The number of hydrogen-bond donors (Lipinski definition) is 2. The Morgan fingerprint density at radius 3 is 2.91 bits per heavy atom. The van der Waals surface area contributed by atoms with Crippen LogP contribution >= 0.6 is 0 Å². The third kappa shape index (κ3) is 4.50. The van der Waals surface area contributed by atoms with Gasteiger partial charge in [0.2, 0.25) is 0 Å². The van der Waals surface area contributed by atoms with Crippen LogP contribution < -0.4 is 19.5 Å². The van der Waals surface area contributed by atoms with Crippen LogP contribution in [0.5, 0.6) is 17.2 Å². The first-order valence-corrected chi connectivity index (χ1v) is 11.1. The molecule has 3 aromatic rings. The molecule has 0 saturated carbocycles. The minimum atomic E-state index is -0.579. The van der Waals surface area contributed by atoms with E-state index in [0.29, 0.717) is 25.8 Å². The molecule has 2 atom stereocenters. The van der Waals surface area contributed by atoms with Gasteiger partial charge in [-0.15, -0.1) is 0 Å². The average Bonchev–Trinajstić information content (AvgIpc) is 3.29. The first-order valence-electron chi connectivity index (χ1n) is 11.1. The number of aliphatic hydroxyl groups is 1. The Kier molecular flexibility index (Phi) is 6.12. The number of benzene rings is 2. The van der Waals surface area contributed by atoms with E-state index in [4.69, 9.17) is 14.2 Å². The predicted octanol–water partition coefficient (Wildman–Crippen LogP) is 2.91. The largest absolute Gasteiger partial charge is 0.497 e. The molecule has 7 heteroatoms. The summed E-state index contributed by atoms with van der Waals surface area (Å²) in [5, 5.41) is 15.6. The number of pyridine rings is 1. The van der Waals surface area contributed by atoms with E-state index in [1.54, 1.807) is 13.3 Å². The average molecular weight is 436 g/mol. The number of aliphatic hydroxyl groups excluding tert-OH is 1. The molecule has 0 aliphatic carbocycles. The number of aromatic nitrogens is 1. The highest BCUT2D eigenvalue weighted by Crippen LogP contribution is 2.31. The Bertz CT molecular complexity index is 1090. The zero-order chi connectivity index (χ0) is 21.9. The van der Waals surface area contributed by atoms with Crippen molar-refractivity contribution in [3.63, 3.8) is 0 Å². The van der Waals surface area contributed by atoms with Gasteiger partial charge in [-0.25, -0.2) is 0 Å². The fourth-order valence-corrected chi connectivity index (χ4v) is 4.53. The summed E-state index contributed by atoms with van der Waals surface area (Å²) < 4.78 is 16.6. The van der Waals surface area contributed by atoms with E-state index in [2.05, 4.69) is 27.3 Å². The quantitative estimate of drug-likeness (QED) is 0.591. The van der Waals surface area contributed by atoms with Crippen LogP contribution in [0.1, 0.15) is 23.7 Å². The molecule has 7 nitrogen and oxygen atoms in total. The van der Waals surface area contributed by atoms with Crippen LogP contribution in [0, 0.1) is 0 Å². The van der Waals surface area contributed by atoms with Gasteiger partial charge in [0.1, 0.15) is 19.0 Å². The second-order valence-corrected chi connectivity index (χ2v) is 8.40. The third-order valence-corrected chi connectivity index (χ3v) is 6.25. The number of β-amino-alcohol motifs (C(OH)–C–C–N with tert-alkyl or cyclic N) is 1. The summed E-state index contributed by atoms with van der Waals surface area (Å²) in [6.45, 7) is 4.46. The van der Waals surface area contributed by atoms with Crippen LogP contribution in [0.4, 0.5) is 0 Å². The second-order valence-electron chi connectivity index (χ2n) is 8.40. The van der Waals surface area contributed by atoms with Crippen molar-refractivity contribution in [2.45, 2.75) is 25.1 Å². The summed E-state index contributed by atoms with van der Waals surface area (Å²) in [6.07, 6.45) is 2.24. The van der Waals surface area contributed by atoms with Crippen molar-refractivity contribution in [3.05, 3.63) is 59.8 Å². The minimum Gasteiger partial charge on any atom is -0.497 e. The van der Waals surface area contributed by atoms with E-state index in [-0.39, 0.29) is 0 Å². The summed E-state index contributed by atoms with van der Waals surface area (Å²) in [5.41, 5.74) is 2.94. The molecule has 2 N–H and O–H groups in total. The van der Waals surface area contributed by atoms with Gasteiger partial charge in [0.25, 0.3) is 0 Å². The summed E-state index contributed by atoms with van der Waals surface area (Å²) in [4.78, 5) is 6.73. The topological polar surface area (TPSA) is 76.1 Å². The molecule has 0 bridgehead atoms. The Labute approximate surface area is 187 Å². The zero-order valence-corrected chi connectivity index (χ0v) is 18.3. The van der Waals surface area contributed by atoms with E-state index in [0.717, 1.165) is 59.8 Å². The highest BCUT2D eigenvalue weighted by molar-refractivity contribution is 5.83. The van der Waals surface area contributed by atoms with Crippen molar-refractivity contribution in [2.75, 3.05) is 40.0 Å². The first kappa shape index (κ1) is 21.0. The van der Waals surface area contributed by atoms with E-state index in [1.165, 1.54) is 5.56 Å². The van der Waals surface area contributed by atoms with E-state index >= 15 is 0 Å². The third-order valence-electron chi connectivity index (χ3n) is 6.25.